The predicted molar refractivity (Wildman–Crippen MR) is 111 cm³/mol. The number of aryl methyl sites for hydroxylation is 1. The zero-order chi connectivity index (χ0) is 20.6. The highest BCUT2D eigenvalue weighted by Crippen LogP contribution is 2.15. The van der Waals surface area contributed by atoms with E-state index in [1.54, 1.807) is 12.4 Å². The summed E-state index contributed by atoms with van der Waals surface area (Å²) in [5, 5.41) is 3.98. The molecule has 3 aromatic rings. The molecule has 1 aromatic carbocycles. The number of ether oxygens (including phenoxy) is 1. The van der Waals surface area contributed by atoms with Gasteiger partial charge < -0.3 is 14.2 Å². The van der Waals surface area contributed by atoms with Crippen LogP contribution in [-0.4, -0.2) is 70.2 Å². The molecule has 0 bridgehead atoms. The summed E-state index contributed by atoms with van der Waals surface area (Å²) in [6, 6.07) is 13.5. The van der Waals surface area contributed by atoms with E-state index in [-0.39, 0.29) is 5.91 Å². The Morgan fingerprint density at radius 2 is 1.80 bits per heavy atom. The molecule has 1 saturated heterocycles. The van der Waals surface area contributed by atoms with E-state index < -0.39 is 0 Å². The maximum atomic E-state index is 12.5. The normalized spacial score (nSPS) is 14.6. The lowest BCUT2D eigenvalue weighted by atomic mass is 10.2. The van der Waals surface area contributed by atoms with Gasteiger partial charge >= 0.3 is 0 Å². The van der Waals surface area contributed by atoms with Crippen LogP contribution in [0, 0.1) is 0 Å². The first-order valence-corrected chi connectivity index (χ1v) is 10.2. The van der Waals surface area contributed by atoms with Crippen molar-refractivity contribution < 1.29 is 14.1 Å². The fourth-order valence-electron chi connectivity index (χ4n) is 3.38. The number of piperazine rings is 1. The lowest BCUT2D eigenvalue weighted by Crippen LogP contribution is -2.49. The minimum atomic E-state index is 0.124. The predicted octanol–water partition coefficient (Wildman–Crippen LogP) is 2.29. The van der Waals surface area contributed by atoms with Crippen molar-refractivity contribution in [3.05, 3.63) is 60.7 Å². The molecular weight excluding hydrogens is 382 g/mol. The molecule has 0 unspecified atom stereocenters. The van der Waals surface area contributed by atoms with Crippen molar-refractivity contribution in [3.8, 4) is 17.1 Å². The Morgan fingerprint density at radius 1 is 1.03 bits per heavy atom. The highest BCUT2D eigenvalue weighted by molar-refractivity contribution is 5.76. The summed E-state index contributed by atoms with van der Waals surface area (Å²) < 4.78 is 11.0. The van der Waals surface area contributed by atoms with Gasteiger partial charge in [-0.2, -0.15) is 4.98 Å². The fraction of sp³-hybridized carbons (Fsp3) is 0.364. The highest BCUT2D eigenvalue weighted by atomic mass is 16.5. The molecule has 1 aliphatic heterocycles. The second kappa shape index (κ2) is 9.98. The van der Waals surface area contributed by atoms with E-state index >= 15 is 0 Å². The molecule has 30 heavy (non-hydrogen) atoms. The van der Waals surface area contributed by atoms with Crippen LogP contribution in [0.5, 0.6) is 5.75 Å². The molecular formula is C22H25N5O3. The highest BCUT2D eigenvalue weighted by Gasteiger charge is 2.21. The van der Waals surface area contributed by atoms with Gasteiger partial charge in [-0.1, -0.05) is 23.4 Å². The maximum Gasteiger partial charge on any atom is 0.227 e. The summed E-state index contributed by atoms with van der Waals surface area (Å²) in [6.07, 6.45) is 4.18. The zero-order valence-electron chi connectivity index (χ0n) is 16.8. The van der Waals surface area contributed by atoms with Crippen LogP contribution >= 0.6 is 0 Å². The molecule has 3 heterocycles. The number of aromatic nitrogens is 3. The summed E-state index contributed by atoms with van der Waals surface area (Å²) in [4.78, 5) is 25.1. The molecule has 0 atom stereocenters. The van der Waals surface area contributed by atoms with Gasteiger partial charge in [0.05, 0.1) is 0 Å². The number of amides is 1. The molecule has 8 heteroatoms. The number of para-hydroxylation sites is 1. The molecule has 4 rings (SSSR count). The minimum absolute atomic E-state index is 0.124. The molecule has 0 N–H and O–H groups in total. The minimum Gasteiger partial charge on any atom is -0.492 e. The molecule has 0 radical (unpaired) electrons. The van der Waals surface area contributed by atoms with Crippen molar-refractivity contribution in [3.63, 3.8) is 0 Å². The standard InChI is InChI=1S/C22H25N5O3/c28-21(7-6-20-24-22(25-30-20)18-8-10-23-11-9-18)27-14-12-26(13-15-27)16-17-29-19-4-2-1-3-5-19/h1-5,8-11H,6-7,12-17H2. The third kappa shape index (κ3) is 5.42. The summed E-state index contributed by atoms with van der Waals surface area (Å²) in [7, 11) is 0. The molecule has 0 aliphatic carbocycles. The van der Waals surface area contributed by atoms with Crippen LogP contribution in [0.15, 0.2) is 59.4 Å². The first kappa shape index (κ1) is 20.0. The largest absolute Gasteiger partial charge is 0.492 e. The maximum absolute atomic E-state index is 12.5. The Bertz CT molecular complexity index is 924. The van der Waals surface area contributed by atoms with E-state index in [0.717, 1.165) is 44.0 Å². The lowest BCUT2D eigenvalue weighted by Gasteiger charge is -2.34. The van der Waals surface area contributed by atoms with Crippen LogP contribution in [0.1, 0.15) is 12.3 Å². The number of carbonyl (C=O) groups excluding carboxylic acids is 1. The Kier molecular flexibility index (Phi) is 6.66. The average molecular weight is 407 g/mol. The topological polar surface area (TPSA) is 84.6 Å². The van der Waals surface area contributed by atoms with Crippen LogP contribution in [0.4, 0.5) is 0 Å². The molecule has 8 nitrogen and oxygen atoms in total. The number of rotatable bonds is 8. The lowest BCUT2D eigenvalue weighted by molar-refractivity contribution is -0.133. The van der Waals surface area contributed by atoms with Gasteiger partial charge in [-0.25, -0.2) is 0 Å². The van der Waals surface area contributed by atoms with Crippen molar-refractivity contribution in [1.82, 2.24) is 24.9 Å². The second-order valence-corrected chi connectivity index (χ2v) is 7.13. The number of hydrogen-bond acceptors (Lipinski definition) is 7. The monoisotopic (exact) mass is 407 g/mol. The third-order valence-corrected chi connectivity index (χ3v) is 5.10. The van der Waals surface area contributed by atoms with Gasteiger partial charge in [-0.15, -0.1) is 0 Å². The summed E-state index contributed by atoms with van der Waals surface area (Å²) in [6.45, 7) is 4.69. The van der Waals surface area contributed by atoms with Gasteiger partial charge in [0.15, 0.2) is 0 Å². The van der Waals surface area contributed by atoms with Crippen molar-refractivity contribution in [2.24, 2.45) is 0 Å². The van der Waals surface area contributed by atoms with E-state index in [9.17, 15) is 4.79 Å². The average Bonchev–Trinajstić information content (AvgIpc) is 3.28. The van der Waals surface area contributed by atoms with Gasteiger partial charge in [0.2, 0.25) is 17.6 Å². The Hall–Kier alpha value is -3.26. The van der Waals surface area contributed by atoms with Crippen molar-refractivity contribution in [1.29, 1.82) is 0 Å². The smallest absolute Gasteiger partial charge is 0.227 e. The number of pyridine rings is 1. The van der Waals surface area contributed by atoms with E-state index in [1.807, 2.05) is 47.4 Å². The number of nitrogens with zero attached hydrogens (tertiary/aromatic N) is 5. The van der Waals surface area contributed by atoms with E-state index in [0.29, 0.717) is 31.2 Å². The molecule has 156 valence electrons. The quantitative estimate of drug-likeness (QED) is 0.566. The van der Waals surface area contributed by atoms with Gasteiger partial charge in [0.1, 0.15) is 12.4 Å². The fourth-order valence-corrected chi connectivity index (χ4v) is 3.38. The molecule has 0 saturated carbocycles. The molecule has 1 aliphatic rings. The summed E-state index contributed by atoms with van der Waals surface area (Å²) >= 11 is 0. The molecule has 1 amide bonds. The van der Waals surface area contributed by atoms with Crippen LogP contribution in [0.2, 0.25) is 0 Å². The Balaban J connectivity index is 1.16. The van der Waals surface area contributed by atoms with E-state index in [4.69, 9.17) is 9.26 Å². The van der Waals surface area contributed by atoms with Gasteiger partial charge in [0, 0.05) is 63.5 Å². The summed E-state index contributed by atoms with van der Waals surface area (Å²) in [5.74, 6) is 2.01. The Labute approximate surface area is 175 Å². The first-order valence-electron chi connectivity index (χ1n) is 10.2. The van der Waals surface area contributed by atoms with Crippen molar-refractivity contribution >= 4 is 5.91 Å². The van der Waals surface area contributed by atoms with E-state index in [2.05, 4.69) is 20.0 Å². The van der Waals surface area contributed by atoms with Crippen LogP contribution in [0.25, 0.3) is 11.4 Å². The number of hydrogen-bond donors (Lipinski definition) is 0. The van der Waals surface area contributed by atoms with Gasteiger partial charge in [-0.3, -0.25) is 14.7 Å². The van der Waals surface area contributed by atoms with Crippen molar-refractivity contribution in [2.75, 3.05) is 39.3 Å². The van der Waals surface area contributed by atoms with Crippen molar-refractivity contribution in [2.45, 2.75) is 12.8 Å². The Morgan fingerprint density at radius 3 is 2.57 bits per heavy atom. The van der Waals surface area contributed by atoms with Crippen LogP contribution < -0.4 is 4.74 Å². The van der Waals surface area contributed by atoms with Gasteiger partial charge in [-0.05, 0) is 24.3 Å². The molecule has 1 fully saturated rings. The van der Waals surface area contributed by atoms with Crippen LogP contribution in [0.3, 0.4) is 0 Å². The molecule has 0 spiro atoms. The zero-order valence-corrected chi connectivity index (χ0v) is 16.8. The SMILES string of the molecule is O=C(CCc1nc(-c2ccncc2)no1)N1CCN(CCOc2ccccc2)CC1. The number of carbonyl (C=O) groups is 1. The first-order chi connectivity index (χ1) is 14.8. The second-order valence-electron chi connectivity index (χ2n) is 7.13. The molecule has 2 aromatic heterocycles. The number of benzene rings is 1. The van der Waals surface area contributed by atoms with Gasteiger partial charge in [0.25, 0.3) is 0 Å². The summed E-state index contributed by atoms with van der Waals surface area (Å²) in [5.41, 5.74) is 0.846. The third-order valence-electron chi connectivity index (χ3n) is 5.10. The van der Waals surface area contributed by atoms with E-state index in [1.165, 1.54) is 0 Å². The van der Waals surface area contributed by atoms with Crippen LogP contribution in [-0.2, 0) is 11.2 Å².